The van der Waals surface area contributed by atoms with Crippen molar-refractivity contribution in [3.8, 4) is 5.75 Å². The molecule has 0 saturated heterocycles. The zero-order chi connectivity index (χ0) is 20.6. The number of rotatable bonds is 7. The molecule has 0 unspecified atom stereocenters. The van der Waals surface area contributed by atoms with Crippen molar-refractivity contribution < 1.29 is 18.7 Å². The van der Waals surface area contributed by atoms with E-state index in [4.69, 9.17) is 4.74 Å². The van der Waals surface area contributed by atoms with Crippen molar-refractivity contribution in [2.24, 2.45) is 5.10 Å². The van der Waals surface area contributed by atoms with Gasteiger partial charge in [-0.3, -0.25) is 14.9 Å². The van der Waals surface area contributed by atoms with Crippen molar-refractivity contribution in [1.82, 2.24) is 15.6 Å². The number of benzene rings is 2. The van der Waals surface area contributed by atoms with Gasteiger partial charge in [-0.15, -0.1) is 10.2 Å². The number of carbonyl (C=O) groups is 2. The van der Waals surface area contributed by atoms with Gasteiger partial charge in [0.25, 0.3) is 5.91 Å². The number of nitrogens with zero attached hydrogens (tertiary/aromatic N) is 3. The third kappa shape index (κ3) is 5.91. The lowest BCUT2D eigenvalue weighted by molar-refractivity contribution is -0.120. The van der Waals surface area contributed by atoms with E-state index < -0.39 is 5.91 Å². The minimum atomic E-state index is -0.396. The molecule has 2 aromatic carbocycles. The molecule has 0 fully saturated rings. The molecule has 2 amide bonds. The predicted octanol–water partition coefficient (Wildman–Crippen LogP) is 2.63. The van der Waals surface area contributed by atoms with Gasteiger partial charge in [0.05, 0.1) is 19.7 Å². The number of carbonyl (C=O) groups excluding carboxylic acids is 2. The molecule has 10 heteroatoms. The molecule has 1 aromatic heterocycles. The normalized spacial score (nSPS) is 10.7. The molecule has 29 heavy (non-hydrogen) atoms. The highest BCUT2D eigenvalue weighted by Gasteiger charge is 2.12. The largest absolute Gasteiger partial charge is 0.497 e. The third-order valence-electron chi connectivity index (χ3n) is 3.62. The molecule has 0 aliphatic carbocycles. The van der Waals surface area contributed by atoms with E-state index in [2.05, 4.69) is 26.0 Å². The minimum absolute atomic E-state index is 0.0448. The van der Waals surface area contributed by atoms with Crippen LogP contribution in [0.5, 0.6) is 5.75 Å². The predicted molar refractivity (Wildman–Crippen MR) is 107 cm³/mol. The van der Waals surface area contributed by atoms with Crippen LogP contribution in [0.4, 0.5) is 9.52 Å². The van der Waals surface area contributed by atoms with Gasteiger partial charge >= 0.3 is 0 Å². The van der Waals surface area contributed by atoms with Gasteiger partial charge < -0.3 is 4.74 Å². The smallest absolute Gasteiger partial charge is 0.257 e. The lowest BCUT2D eigenvalue weighted by Crippen LogP contribution is -2.19. The lowest BCUT2D eigenvalue weighted by Gasteiger charge is -2.02. The fraction of sp³-hybridized carbons (Fsp3) is 0.105. The van der Waals surface area contributed by atoms with Crippen molar-refractivity contribution in [1.29, 1.82) is 0 Å². The van der Waals surface area contributed by atoms with Gasteiger partial charge in [0.2, 0.25) is 11.0 Å². The van der Waals surface area contributed by atoms with E-state index in [0.717, 1.165) is 11.3 Å². The molecule has 0 saturated carbocycles. The molecular formula is C19H16FN5O3S. The fourth-order valence-corrected chi connectivity index (χ4v) is 2.93. The monoisotopic (exact) mass is 413 g/mol. The summed E-state index contributed by atoms with van der Waals surface area (Å²) in [5.41, 5.74) is 3.44. The quantitative estimate of drug-likeness (QED) is 0.458. The van der Waals surface area contributed by atoms with E-state index >= 15 is 0 Å². The van der Waals surface area contributed by atoms with Crippen molar-refractivity contribution in [3.05, 3.63) is 70.5 Å². The summed E-state index contributed by atoms with van der Waals surface area (Å²) in [7, 11) is 1.54. The van der Waals surface area contributed by atoms with Crippen molar-refractivity contribution in [3.63, 3.8) is 0 Å². The van der Waals surface area contributed by atoms with Crippen LogP contribution in [0.1, 0.15) is 20.9 Å². The first-order valence-corrected chi connectivity index (χ1v) is 9.20. The zero-order valence-electron chi connectivity index (χ0n) is 15.3. The van der Waals surface area contributed by atoms with Gasteiger partial charge in [0.15, 0.2) is 0 Å². The molecule has 1 heterocycles. The highest BCUT2D eigenvalue weighted by atomic mass is 32.1. The topological polar surface area (TPSA) is 106 Å². The summed E-state index contributed by atoms with van der Waals surface area (Å²) in [4.78, 5) is 24.1. The molecule has 0 bridgehead atoms. The molecule has 3 aromatic rings. The van der Waals surface area contributed by atoms with Gasteiger partial charge in [0.1, 0.15) is 16.6 Å². The molecular weight excluding hydrogens is 397 g/mol. The number of amides is 2. The van der Waals surface area contributed by atoms with Crippen LogP contribution in [0.3, 0.4) is 0 Å². The maximum Gasteiger partial charge on any atom is 0.257 e. The second kappa shape index (κ2) is 9.51. The highest BCUT2D eigenvalue weighted by molar-refractivity contribution is 7.15. The SMILES string of the molecule is COc1ccc(C(=O)Nc2nnc(CC(=O)NN=Cc3ccc(F)cc3)s2)cc1. The zero-order valence-corrected chi connectivity index (χ0v) is 16.1. The molecule has 0 atom stereocenters. The van der Waals surface area contributed by atoms with Crippen LogP contribution in [0, 0.1) is 5.82 Å². The average Bonchev–Trinajstić information content (AvgIpc) is 3.16. The van der Waals surface area contributed by atoms with Crippen molar-refractivity contribution >= 4 is 34.5 Å². The fourth-order valence-electron chi connectivity index (χ4n) is 2.19. The number of methoxy groups -OCH3 is 1. The Kier molecular flexibility index (Phi) is 6.59. The Morgan fingerprint density at radius 3 is 2.55 bits per heavy atom. The standard InChI is InChI=1S/C19H16FN5O3S/c1-28-15-8-4-13(5-9-15)18(27)22-19-25-24-17(29-19)10-16(26)23-21-11-12-2-6-14(20)7-3-12/h2-9,11H,10H2,1H3,(H,23,26)(H,22,25,27). The summed E-state index contributed by atoms with van der Waals surface area (Å²) < 4.78 is 17.9. The number of halogens is 1. The van der Waals surface area contributed by atoms with Crippen molar-refractivity contribution in [2.75, 3.05) is 12.4 Å². The molecule has 0 radical (unpaired) electrons. The lowest BCUT2D eigenvalue weighted by atomic mass is 10.2. The number of hydrazone groups is 1. The number of hydrogen-bond acceptors (Lipinski definition) is 7. The molecule has 0 spiro atoms. The molecule has 8 nitrogen and oxygen atoms in total. The van der Waals surface area contributed by atoms with Gasteiger partial charge in [-0.1, -0.05) is 23.5 Å². The van der Waals surface area contributed by atoms with E-state index in [1.54, 1.807) is 31.4 Å². The summed E-state index contributed by atoms with van der Waals surface area (Å²) in [6.45, 7) is 0. The number of nitrogens with one attached hydrogen (secondary N) is 2. The molecule has 0 aliphatic heterocycles. The second-order valence-corrected chi connectivity index (χ2v) is 6.77. The summed E-state index contributed by atoms with van der Waals surface area (Å²) in [6.07, 6.45) is 1.36. The minimum Gasteiger partial charge on any atom is -0.497 e. The van der Waals surface area contributed by atoms with Gasteiger partial charge in [-0.2, -0.15) is 5.10 Å². The Bertz CT molecular complexity index is 1020. The summed E-state index contributed by atoms with van der Waals surface area (Å²) in [5, 5.41) is 14.9. The maximum absolute atomic E-state index is 12.8. The van der Waals surface area contributed by atoms with Crippen LogP contribution in [0.2, 0.25) is 0 Å². The first-order valence-electron chi connectivity index (χ1n) is 8.39. The maximum atomic E-state index is 12.8. The Morgan fingerprint density at radius 2 is 1.86 bits per heavy atom. The van der Waals surface area contributed by atoms with Gasteiger partial charge in [-0.05, 0) is 42.0 Å². The van der Waals surface area contributed by atoms with Crippen LogP contribution in [0.25, 0.3) is 0 Å². The third-order valence-corrected chi connectivity index (χ3v) is 4.46. The van der Waals surface area contributed by atoms with E-state index in [-0.39, 0.29) is 23.3 Å². The molecule has 2 N–H and O–H groups in total. The first kappa shape index (κ1) is 20.1. The van der Waals surface area contributed by atoms with Crippen LogP contribution >= 0.6 is 11.3 Å². The van der Waals surface area contributed by atoms with Gasteiger partial charge in [-0.25, -0.2) is 9.82 Å². The Labute approximate surface area is 169 Å². The Hall–Kier alpha value is -3.66. The molecule has 3 rings (SSSR count). The Balaban J connectivity index is 1.50. The van der Waals surface area contributed by atoms with Crippen molar-refractivity contribution in [2.45, 2.75) is 6.42 Å². The Morgan fingerprint density at radius 1 is 1.14 bits per heavy atom. The van der Waals surface area contributed by atoms with E-state index in [9.17, 15) is 14.0 Å². The number of ether oxygens (including phenoxy) is 1. The summed E-state index contributed by atoms with van der Waals surface area (Å²) in [5.74, 6) is -0.443. The number of aromatic nitrogens is 2. The molecule has 0 aliphatic rings. The summed E-state index contributed by atoms with van der Waals surface area (Å²) in [6, 6.07) is 12.3. The van der Waals surface area contributed by atoms with E-state index in [1.807, 2.05) is 0 Å². The van der Waals surface area contributed by atoms with Crippen LogP contribution in [-0.4, -0.2) is 35.3 Å². The van der Waals surface area contributed by atoms with Crippen LogP contribution < -0.4 is 15.5 Å². The summed E-state index contributed by atoms with van der Waals surface area (Å²) >= 11 is 1.09. The highest BCUT2D eigenvalue weighted by Crippen LogP contribution is 2.18. The van der Waals surface area contributed by atoms with E-state index in [0.29, 0.717) is 21.9 Å². The average molecular weight is 413 g/mol. The van der Waals surface area contributed by atoms with Crippen LogP contribution in [-0.2, 0) is 11.2 Å². The first-order chi connectivity index (χ1) is 14.0. The number of anilines is 1. The second-order valence-electron chi connectivity index (χ2n) is 5.71. The number of hydrogen-bond donors (Lipinski definition) is 2. The van der Waals surface area contributed by atoms with Gasteiger partial charge in [0, 0.05) is 5.56 Å². The van der Waals surface area contributed by atoms with E-state index in [1.165, 1.54) is 30.5 Å². The molecule has 148 valence electrons. The van der Waals surface area contributed by atoms with Crippen LogP contribution in [0.15, 0.2) is 53.6 Å².